The van der Waals surface area contributed by atoms with Crippen molar-refractivity contribution >= 4 is 134 Å². The molecule has 620 valence electrons. The molecule has 45 nitrogen and oxygen atoms in total. The number of aromatic amines is 1. The lowest BCUT2D eigenvalue weighted by molar-refractivity contribution is -0.142. The summed E-state index contributed by atoms with van der Waals surface area (Å²) in [5.74, 6) is -22.5. The van der Waals surface area contributed by atoms with E-state index in [1.54, 1.807) is 27.7 Å². The van der Waals surface area contributed by atoms with Crippen LogP contribution in [0.3, 0.4) is 0 Å². The van der Waals surface area contributed by atoms with Crippen molar-refractivity contribution < 1.29 is 107 Å². The fourth-order valence-corrected chi connectivity index (χ4v) is 13.0. The van der Waals surface area contributed by atoms with Gasteiger partial charge in [0.1, 0.15) is 66.5 Å². The highest BCUT2D eigenvalue weighted by molar-refractivity contribution is 8.76. The third-order valence-corrected chi connectivity index (χ3v) is 19.0. The molecule has 1 aromatic heterocycles. The molecule has 29 N–H and O–H groups in total. The molecule has 0 aromatic carbocycles. The topological polar surface area (TPSA) is 729 Å². The zero-order chi connectivity index (χ0) is 83.2. The van der Waals surface area contributed by atoms with Crippen LogP contribution in [0, 0.1) is 11.8 Å². The lowest BCUT2D eigenvalue weighted by atomic mass is 10.0. The Kier molecular flexibility index (Phi) is 41.5. The molecule has 0 bridgehead atoms. The summed E-state index contributed by atoms with van der Waals surface area (Å²) in [5, 5.41) is 87.3. The lowest BCUT2D eigenvalue weighted by Gasteiger charge is -2.27. The van der Waals surface area contributed by atoms with Crippen LogP contribution in [0.5, 0.6) is 0 Å². The van der Waals surface area contributed by atoms with Crippen LogP contribution in [-0.4, -0.2) is 284 Å². The summed E-state index contributed by atoms with van der Waals surface area (Å²) in [5.41, 5.74) is 22.3. The van der Waals surface area contributed by atoms with E-state index in [0.717, 1.165) is 35.4 Å². The number of imidazole rings is 1. The van der Waals surface area contributed by atoms with E-state index < -0.39 is 248 Å². The van der Waals surface area contributed by atoms with Crippen molar-refractivity contribution in [1.29, 1.82) is 0 Å². The molecule has 0 unspecified atom stereocenters. The summed E-state index contributed by atoms with van der Waals surface area (Å²) in [6.07, 6.45) is -3.91. The zero-order valence-corrected chi connectivity index (χ0v) is 63.8. The third kappa shape index (κ3) is 36.1. The molecule has 2 aliphatic heterocycles. The van der Waals surface area contributed by atoms with E-state index in [0.29, 0.717) is 25.1 Å². The van der Waals surface area contributed by atoms with E-state index in [4.69, 9.17) is 22.9 Å². The number of aromatic nitrogens is 2. The maximum absolute atomic E-state index is 14.8. The summed E-state index contributed by atoms with van der Waals surface area (Å²) < 4.78 is 0. The zero-order valence-electron chi connectivity index (χ0n) is 62.2. The summed E-state index contributed by atoms with van der Waals surface area (Å²) in [6, 6.07) is -19.3. The average molecular weight is 1610 g/mol. The van der Waals surface area contributed by atoms with Crippen molar-refractivity contribution in [3.63, 3.8) is 0 Å². The van der Waals surface area contributed by atoms with Gasteiger partial charge >= 0.3 is 17.9 Å². The summed E-state index contributed by atoms with van der Waals surface area (Å²) in [6.45, 7) is 5.97. The van der Waals surface area contributed by atoms with Crippen molar-refractivity contribution in [3.05, 3.63) is 18.2 Å². The molecule has 3 heterocycles. The Bertz CT molecular complexity index is 3450. The van der Waals surface area contributed by atoms with Gasteiger partial charge in [0.25, 0.3) is 0 Å². The second-order valence-electron chi connectivity index (χ2n) is 26.7. The lowest BCUT2D eigenvalue weighted by Crippen LogP contribution is -2.61. The number of nitrogens with zero attached hydrogens (tertiary/aromatic N) is 3. The molecule has 14 atom stereocenters. The quantitative estimate of drug-likeness (QED) is 0.0132. The van der Waals surface area contributed by atoms with E-state index in [2.05, 4.69) is 99.7 Å². The van der Waals surface area contributed by atoms with Gasteiger partial charge < -0.3 is 133 Å². The normalized spacial score (nSPS) is 22.0. The fourth-order valence-electron chi connectivity index (χ4n) is 10.7. The molecule has 2 fully saturated rings. The van der Waals surface area contributed by atoms with Gasteiger partial charge in [0.2, 0.25) is 82.7 Å². The van der Waals surface area contributed by atoms with Crippen molar-refractivity contribution in [3.8, 4) is 0 Å². The van der Waals surface area contributed by atoms with Gasteiger partial charge in [0.15, 0.2) is 11.9 Å². The highest BCUT2D eigenvalue weighted by atomic mass is 33.1. The first-order valence-corrected chi connectivity index (χ1v) is 38.0. The molecule has 47 heteroatoms. The van der Waals surface area contributed by atoms with Gasteiger partial charge in [0, 0.05) is 55.7 Å². The number of rotatable bonds is 34. The first-order chi connectivity index (χ1) is 52.3. The first-order valence-electron chi connectivity index (χ1n) is 35.5. The van der Waals surface area contributed by atoms with Gasteiger partial charge in [-0.05, 0) is 90.0 Å². The number of carbonyl (C=O) groups is 17. The van der Waals surface area contributed by atoms with Crippen molar-refractivity contribution in [2.24, 2.45) is 44.8 Å². The molecule has 0 saturated carbocycles. The van der Waals surface area contributed by atoms with Crippen LogP contribution >= 0.6 is 21.6 Å². The van der Waals surface area contributed by atoms with Crippen LogP contribution in [0.25, 0.3) is 0 Å². The summed E-state index contributed by atoms with van der Waals surface area (Å²) in [7, 11) is 1.45. The number of aliphatic imine (C=N–C) groups is 2. The van der Waals surface area contributed by atoms with Crippen LogP contribution in [0.4, 0.5) is 0 Å². The van der Waals surface area contributed by atoms with E-state index in [9.17, 15) is 107 Å². The van der Waals surface area contributed by atoms with Gasteiger partial charge in [-0.3, -0.25) is 86.7 Å². The highest BCUT2D eigenvalue weighted by Crippen LogP contribution is 2.24. The van der Waals surface area contributed by atoms with Crippen molar-refractivity contribution in [2.75, 3.05) is 50.8 Å². The number of aliphatic hydroxyl groups is 2. The summed E-state index contributed by atoms with van der Waals surface area (Å²) in [4.78, 5) is 247. The Morgan fingerprint density at radius 3 is 1.63 bits per heavy atom. The van der Waals surface area contributed by atoms with E-state index in [1.165, 1.54) is 12.5 Å². The number of hydrogen-bond acceptors (Lipinski definition) is 25. The minimum Gasteiger partial charge on any atom is -0.481 e. The molecule has 14 amide bonds. The van der Waals surface area contributed by atoms with Crippen LogP contribution in [-0.2, 0) is 87.9 Å². The van der Waals surface area contributed by atoms with Crippen LogP contribution < -0.4 is 103 Å². The molecule has 0 radical (unpaired) electrons. The molecular formula is C64H105N23O22S2. The van der Waals surface area contributed by atoms with Crippen molar-refractivity contribution in [2.45, 2.75) is 203 Å². The number of nitrogens with two attached hydrogens (primary N) is 4. The Balaban J connectivity index is 2.24. The number of nitrogens with one attached hydrogen (secondary N) is 16. The number of H-pyrrole nitrogens is 1. The third-order valence-electron chi connectivity index (χ3n) is 16.5. The Morgan fingerprint density at radius 1 is 0.586 bits per heavy atom. The second-order valence-corrected chi connectivity index (χ2v) is 29.3. The Labute approximate surface area is 645 Å². The molecule has 3 rings (SSSR count). The number of aliphatic hydroxyl groups excluding tert-OH is 2. The van der Waals surface area contributed by atoms with Crippen LogP contribution in [0.1, 0.15) is 118 Å². The minimum atomic E-state index is -2.03. The van der Waals surface area contributed by atoms with Gasteiger partial charge in [-0.2, -0.15) is 0 Å². The van der Waals surface area contributed by atoms with Gasteiger partial charge in [-0.1, -0.05) is 49.3 Å². The highest BCUT2D eigenvalue weighted by Gasteiger charge is 2.38. The Morgan fingerprint density at radius 2 is 1.12 bits per heavy atom. The molecular weight excluding hydrogens is 1510 g/mol. The predicted molar refractivity (Wildman–Crippen MR) is 397 cm³/mol. The maximum Gasteiger partial charge on any atom is 0.326 e. The summed E-state index contributed by atoms with van der Waals surface area (Å²) >= 11 is 0. The van der Waals surface area contributed by atoms with Gasteiger partial charge in [0.05, 0.1) is 44.2 Å². The number of amides is 14. The van der Waals surface area contributed by atoms with E-state index >= 15 is 0 Å². The van der Waals surface area contributed by atoms with Crippen LogP contribution in [0.2, 0.25) is 0 Å². The number of aliphatic carboxylic acids is 3. The number of guanidine groups is 2. The predicted octanol–water partition coefficient (Wildman–Crippen LogP) is -9.83. The fraction of sp³-hybridized carbons (Fsp3) is 0.656. The van der Waals surface area contributed by atoms with Crippen molar-refractivity contribution in [1.82, 2.24) is 89.7 Å². The standard InChI is InChI=1S/C64H105N23O22S2/c1-29(2)20-39(57(103)83-40(62(108)109)21-33-22-69-28-76-33)82-58(104)42-27-111-110-26-41(79-45(92)25-75-59(105)49(31(5)88)87-60(106)48(30(3)4)85-53(99)34-10-7-17-70-34)52(98)74-24-44(91)78-38(14-16-47(95)96)55(101)80-36(12-9-19-72-64(67)68)56(102)86-50(32(6)89)61(107)81-37(13-15-46(93)94)51(97)73-23-43(90)77-35(54(100)84-42)11-8-18-71-63(65)66/h22,28-32,34-42,48-50,70,88-89H,7-21,23-27H2,1-6H3,(H,69,76)(H,73,97)(H,74,98)(H,75,105)(H,77,90)(H,78,91)(H,79,92)(H,80,101)(H,81,107)(H,82,104)(H,83,103)(H,84,100)(H,85,99)(H,86,102)(H,87,106)(H,93,94)(H,95,96)(H,108,109)(H4,65,66,71)(H4,67,68,72)/t31-,32-,34+,35+,36+,37+,38+,39+,40+,41+,42+,48+,49+,50+/m1/s1. The van der Waals surface area contributed by atoms with Gasteiger partial charge in [-0.15, -0.1) is 0 Å². The minimum absolute atomic E-state index is 0.0684. The van der Waals surface area contributed by atoms with E-state index in [1.807, 2.05) is 0 Å². The molecule has 0 aliphatic carbocycles. The first kappa shape index (κ1) is 94.5. The molecule has 111 heavy (non-hydrogen) atoms. The Hall–Kier alpha value is -10.7. The number of carboxylic acid groups (broad SMARTS) is 3. The van der Waals surface area contributed by atoms with Crippen LogP contribution in [0.15, 0.2) is 22.5 Å². The van der Waals surface area contributed by atoms with E-state index in [-0.39, 0.29) is 69.5 Å². The monoisotopic (exact) mass is 1610 g/mol. The molecule has 1 aromatic rings. The maximum atomic E-state index is 14.8. The van der Waals surface area contributed by atoms with Gasteiger partial charge in [-0.25, -0.2) is 9.78 Å². The SMILES string of the molecule is CC(C)C[C@H](NC(=O)[C@@H]1CSSC[C@H](NC(=O)CNC(=O)[C@@H](NC(=O)[C@@H](NC(=O)[C@@H]2CCCN2)C(C)C)[C@@H](C)O)C(=O)NCC(=O)N[C@@H](CCC(=O)O)C(=O)N[C@@H](CCCN=C(N)N)C(=O)N[C@@H]([C@@H](C)O)C(=O)N[C@@H](CCC(=O)O)C(=O)NCC(=O)N[C@@H](CCCN=C(N)N)C(=O)N1)C(=O)N[C@@H](Cc1cnc[nH]1)C(=O)O. The number of carboxylic acids is 3. The molecule has 2 aliphatic rings. The average Bonchev–Trinajstić information content (AvgIpc) is 1.16. The second kappa shape index (κ2) is 48.8. The largest absolute Gasteiger partial charge is 0.481 e. The number of hydrogen-bond donors (Lipinski definition) is 25. The smallest absolute Gasteiger partial charge is 0.326 e. The number of carbonyl (C=O) groups excluding carboxylic acids is 14. The molecule has 0 spiro atoms. The molecule has 2 saturated heterocycles.